The fourth-order valence-electron chi connectivity index (χ4n) is 0.623. The molecule has 10 heavy (non-hydrogen) atoms. The van der Waals surface area contributed by atoms with Crippen LogP contribution in [0.2, 0.25) is 0 Å². The van der Waals surface area contributed by atoms with Crippen LogP contribution in [0.5, 0.6) is 0 Å². The summed E-state index contributed by atoms with van der Waals surface area (Å²) in [5, 5.41) is 16.8. The van der Waals surface area contributed by atoms with Crippen LogP contribution in [0.25, 0.3) is 0 Å². The first kappa shape index (κ1) is 6.32. The van der Waals surface area contributed by atoms with E-state index < -0.39 is 0 Å². The molecule has 1 rings (SSSR count). The highest BCUT2D eigenvalue weighted by atomic mass is 14.3. The molecule has 0 N–H and O–H groups in total. The third kappa shape index (κ3) is 0.962. The Labute approximate surface area is 58.9 Å². The lowest BCUT2D eigenvalue weighted by Gasteiger charge is -1.87. The predicted molar refractivity (Wildman–Crippen MR) is 34.7 cm³/mol. The average Bonchev–Trinajstić information content (AvgIpc) is 2.04. The van der Waals surface area contributed by atoms with Gasteiger partial charge in [-0.25, -0.2) is 0 Å². The second-order valence-corrected chi connectivity index (χ2v) is 1.68. The Hall–Kier alpha value is -1.80. The summed E-state index contributed by atoms with van der Waals surface area (Å²) in [5.74, 6) is 0. The first-order valence-electron chi connectivity index (χ1n) is 2.69. The van der Waals surface area contributed by atoms with E-state index in [0.29, 0.717) is 11.1 Å². The highest BCUT2D eigenvalue weighted by Crippen LogP contribution is 2.03. The number of hydrogen-bond acceptors (Lipinski definition) is 2. The summed E-state index contributed by atoms with van der Waals surface area (Å²) in [7, 11) is 0. The van der Waals surface area contributed by atoms with Gasteiger partial charge < -0.3 is 0 Å². The summed E-state index contributed by atoms with van der Waals surface area (Å²) in [6.45, 7) is 0. The van der Waals surface area contributed by atoms with E-state index >= 15 is 0 Å². The van der Waals surface area contributed by atoms with Crippen LogP contribution in [0.15, 0.2) is 18.2 Å². The van der Waals surface area contributed by atoms with Crippen LogP contribution >= 0.6 is 0 Å². The van der Waals surface area contributed by atoms with Crippen molar-refractivity contribution in [2.75, 3.05) is 0 Å². The molecule has 0 aliphatic rings. The van der Waals surface area contributed by atoms with Gasteiger partial charge in [-0.05, 0) is 6.07 Å². The summed E-state index contributed by atoms with van der Waals surface area (Å²) >= 11 is 0. The minimum absolute atomic E-state index is 0.310. The Morgan fingerprint density at radius 3 is 2.60 bits per heavy atom. The molecule has 2 nitrogen and oxygen atoms in total. The van der Waals surface area contributed by atoms with Crippen molar-refractivity contribution >= 4 is 0 Å². The van der Waals surface area contributed by atoms with E-state index in [0.717, 1.165) is 0 Å². The summed E-state index contributed by atoms with van der Waals surface area (Å²) in [6.07, 6.45) is 0. The molecule has 0 bridgehead atoms. The molecule has 0 amide bonds. The molecule has 45 valence electrons. The Morgan fingerprint density at radius 1 is 1.30 bits per heavy atom. The van der Waals surface area contributed by atoms with Crippen LogP contribution < -0.4 is 0 Å². The lowest BCUT2D eigenvalue weighted by Crippen LogP contribution is -1.80. The smallest absolute Gasteiger partial charge is 0.101 e. The summed E-state index contributed by atoms with van der Waals surface area (Å²) in [4.78, 5) is 0. The number of nitrogens with zero attached hydrogens (tertiary/aromatic N) is 2. The molecule has 0 heterocycles. The second kappa shape index (κ2) is 2.66. The molecule has 1 radical (unpaired) electrons. The van der Waals surface area contributed by atoms with E-state index in [9.17, 15) is 0 Å². The molecule has 0 aliphatic heterocycles. The Bertz CT molecular complexity index is 282. The molecule has 2 heteroatoms. The van der Waals surface area contributed by atoms with Gasteiger partial charge in [0.1, 0.15) is 12.1 Å². The lowest BCUT2D eigenvalue weighted by atomic mass is 10.1. The van der Waals surface area contributed by atoms with Crippen molar-refractivity contribution < 1.29 is 0 Å². The van der Waals surface area contributed by atoms with Gasteiger partial charge in [0.15, 0.2) is 0 Å². The standard InChI is InChI=1S/C8H3N2/c9-5-7-3-1-2-4-8(7)6-10/h1-3H. The van der Waals surface area contributed by atoms with Crippen molar-refractivity contribution in [3.05, 3.63) is 35.4 Å². The number of nitriles is 2. The third-order valence-electron chi connectivity index (χ3n) is 1.09. The van der Waals surface area contributed by atoms with E-state index in [2.05, 4.69) is 6.07 Å². The zero-order valence-electron chi connectivity index (χ0n) is 5.13. The molecule has 0 aromatic heterocycles. The first-order chi connectivity index (χ1) is 4.88. The molecule has 0 unspecified atom stereocenters. The number of rotatable bonds is 0. The molecular formula is C8H3N2. The van der Waals surface area contributed by atoms with E-state index in [1.165, 1.54) is 0 Å². The Balaban J connectivity index is 3.28. The second-order valence-electron chi connectivity index (χ2n) is 1.68. The lowest BCUT2D eigenvalue weighted by molar-refractivity contribution is 1.43. The largest absolute Gasteiger partial charge is 0.192 e. The van der Waals surface area contributed by atoms with Crippen molar-refractivity contribution in [2.24, 2.45) is 0 Å². The summed E-state index contributed by atoms with van der Waals surface area (Å²) < 4.78 is 0. The van der Waals surface area contributed by atoms with E-state index in [1.54, 1.807) is 18.2 Å². The van der Waals surface area contributed by atoms with E-state index in [-0.39, 0.29) is 0 Å². The first-order valence-corrected chi connectivity index (χ1v) is 2.69. The maximum atomic E-state index is 8.43. The van der Waals surface area contributed by atoms with Gasteiger partial charge in [-0.15, -0.1) is 0 Å². The van der Waals surface area contributed by atoms with Gasteiger partial charge in [0.2, 0.25) is 0 Å². The summed E-state index contributed by atoms with van der Waals surface area (Å²) in [6, 6.07) is 11.3. The quantitative estimate of drug-likeness (QED) is 0.526. The van der Waals surface area contributed by atoms with Gasteiger partial charge in [0.25, 0.3) is 0 Å². The van der Waals surface area contributed by atoms with Crippen molar-refractivity contribution in [3.63, 3.8) is 0 Å². The predicted octanol–water partition coefficient (Wildman–Crippen LogP) is 1.23. The van der Waals surface area contributed by atoms with Gasteiger partial charge in [0, 0.05) is 6.07 Å². The van der Waals surface area contributed by atoms with Crippen LogP contribution in [0.1, 0.15) is 11.1 Å². The van der Waals surface area contributed by atoms with Crippen LogP contribution in [0, 0.1) is 28.7 Å². The molecule has 0 saturated carbocycles. The zero-order chi connectivity index (χ0) is 7.40. The zero-order valence-corrected chi connectivity index (χ0v) is 5.13. The number of hydrogen-bond donors (Lipinski definition) is 0. The van der Waals surface area contributed by atoms with Crippen molar-refractivity contribution in [1.82, 2.24) is 0 Å². The van der Waals surface area contributed by atoms with Gasteiger partial charge in [0.05, 0.1) is 11.1 Å². The van der Waals surface area contributed by atoms with Crippen molar-refractivity contribution in [3.8, 4) is 12.1 Å². The molecule has 0 fully saturated rings. The van der Waals surface area contributed by atoms with Gasteiger partial charge >= 0.3 is 0 Å². The van der Waals surface area contributed by atoms with Gasteiger partial charge in [-0.2, -0.15) is 10.5 Å². The third-order valence-corrected chi connectivity index (χ3v) is 1.09. The highest BCUT2D eigenvalue weighted by molar-refractivity contribution is 5.43. The fourth-order valence-corrected chi connectivity index (χ4v) is 0.623. The minimum Gasteiger partial charge on any atom is -0.192 e. The Kier molecular flexibility index (Phi) is 1.68. The SMILES string of the molecule is N#Cc1[c]cccc1C#N. The van der Waals surface area contributed by atoms with Crippen LogP contribution in [-0.2, 0) is 0 Å². The maximum absolute atomic E-state index is 8.43. The molecule has 0 atom stereocenters. The number of benzene rings is 1. The molecule has 0 spiro atoms. The van der Waals surface area contributed by atoms with Crippen molar-refractivity contribution in [1.29, 1.82) is 10.5 Å². The van der Waals surface area contributed by atoms with Crippen LogP contribution in [0.3, 0.4) is 0 Å². The highest BCUT2D eigenvalue weighted by Gasteiger charge is 1.96. The normalized spacial score (nSPS) is 7.80. The molecule has 0 aliphatic carbocycles. The van der Waals surface area contributed by atoms with Crippen LogP contribution in [-0.4, -0.2) is 0 Å². The molecule has 1 aromatic carbocycles. The molecule has 0 saturated heterocycles. The fraction of sp³-hybridized carbons (Fsp3) is 0. The monoisotopic (exact) mass is 127 g/mol. The molecular weight excluding hydrogens is 124 g/mol. The van der Waals surface area contributed by atoms with E-state index in [1.807, 2.05) is 12.1 Å². The molecule has 1 aromatic rings. The maximum Gasteiger partial charge on any atom is 0.101 e. The summed E-state index contributed by atoms with van der Waals surface area (Å²) in [5.41, 5.74) is 0.690. The van der Waals surface area contributed by atoms with Gasteiger partial charge in [-0.3, -0.25) is 0 Å². The van der Waals surface area contributed by atoms with Crippen molar-refractivity contribution in [2.45, 2.75) is 0 Å². The van der Waals surface area contributed by atoms with Crippen LogP contribution in [0.4, 0.5) is 0 Å². The Morgan fingerprint density at radius 2 is 2.10 bits per heavy atom. The van der Waals surface area contributed by atoms with E-state index in [4.69, 9.17) is 10.5 Å². The average molecular weight is 127 g/mol. The van der Waals surface area contributed by atoms with Gasteiger partial charge in [-0.1, -0.05) is 12.1 Å². The topological polar surface area (TPSA) is 47.6 Å². The minimum atomic E-state index is 0.310.